The lowest BCUT2D eigenvalue weighted by molar-refractivity contribution is 0.213. The lowest BCUT2D eigenvalue weighted by atomic mass is 9.99. The van der Waals surface area contributed by atoms with E-state index in [0.29, 0.717) is 6.04 Å². The van der Waals surface area contributed by atoms with Crippen LogP contribution < -0.4 is 5.32 Å². The Kier molecular flexibility index (Phi) is 6.07. The minimum Gasteiger partial charge on any atom is -0.308 e. The van der Waals surface area contributed by atoms with Crippen molar-refractivity contribution in [3.05, 3.63) is 0 Å². The summed E-state index contributed by atoms with van der Waals surface area (Å²) in [6.07, 6.45) is 4.17. The van der Waals surface area contributed by atoms with E-state index >= 15 is 0 Å². The molecule has 0 aliphatic heterocycles. The van der Waals surface area contributed by atoms with Crippen LogP contribution in [0.15, 0.2) is 0 Å². The lowest BCUT2D eigenvalue weighted by Gasteiger charge is -2.28. The van der Waals surface area contributed by atoms with Crippen LogP contribution in [0.5, 0.6) is 0 Å². The molecule has 1 aliphatic carbocycles. The van der Waals surface area contributed by atoms with Crippen molar-refractivity contribution in [1.29, 1.82) is 5.26 Å². The van der Waals surface area contributed by atoms with Crippen molar-refractivity contribution in [2.45, 2.75) is 44.2 Å². The van der Waals surface area contributed by atoms with Crippen LogP contribution in [0.25, 0.3) is 0 Å². The molecule has 0 saturated heterocycles. The zero-order chi connectivity index (χ0) is 13.6. The zero-order valence-electron chi connectivity index (χ0n) is 12.4. The Balaban J connectivity index is 2.45. The van der Waals surface area contributed by atoms with Gasteiger partial charge < -0.3 is 9.80 Å². The second kappa shape index (κ2) is 7.08. The summed E-state index contributed by atoms with van der Waals surface area (Å²) in [5.41, 5.74) is -0.271. The maximum Gasteiger partial charge on any atom is 0.108 e. The molecule has 0 heterocycles. The molecule has 4 heteroatoms. The average molecular weight is 252 g/mol. The average Bonchev–Trinajstić information content (AvgIpc) is 2.78. The summed E-state index contributed by atoms with van der Waals surface area (Å²) >= 11 is 0. The topological polar surface area (TPSA) is 42.3 Å². The second-order valence-electron chi connectivity index (χ2n) is 5.80. The summed E-state index contributed by atoms with van der Waals surface area (Å²) in [6.45, 7) is 5.25. The third-order valence-electron chi connectivity index (χ3n) is 3.94. The highest BCUT2D eigenvalue weighted by molar-refractivity contribution is 5.13. The van der Waals surface area contributed by atoms with Crippen molar-refractivity contribution >= 4 is 0 Å². The van der Waals surface area contributed by atoms with Crippen molar-refractivity contribution in [2.24, 2.45) is 0 Å². The van der Waals surface area contributed by atoms with Crippen molar-refractivity contribution in [2.75, 3.05) is 40.8 Å². The molecule has 0 amide bonds. The first-order valence-electron chi connectivity index (χ1n) is 7.04. The van der Waals surface area contributed by atoms with E-state index in [2.05, 4.69) is 49.3 Å². The summed E-state index contributed by atoms with van der Waals surface area (Å²) < 4.78 is 0. The fourth-order valence-electron chi connectivity index (χ4n) is 2.60. The maximum atomic E-state index is 9.42. The van der Waals surface area contributed by atoms with Crippen molar-refractivity contribution < 1.29 is 0 Å². The SMILES string of the molecule is CCCNC1(C#N)CCC(N(C)CCN(C)C)C1. The number of hydrogen-bond acceptors (Lipinski definition) is 4. The van der Waals surface area contributed by atoms with Gasteiger partial charge in [0.1, 0.15) is 5.54 Å². The number of nitrogens with zero attached hydrogens (tertiary/aromatic N) is 3. The molecular formula is C14H28N4. The largest absolute Gasteiger partial charge is 0.308 e. The summed E-state index contributed by atoms with van der Waals surface area (Å²) in [5, 5.41) is 12.9. The molecule has 1 fully saturated rings. The first-order chi connectivity index (χ1) is 8.53. The quantitative estimate of drug-likeness (QED) is 0.741. The summed E-state index contributed by atoms with van der Waals surface area (Å²) in [7, 11) is 6.39. The predicted molar refractivity (Wildman–Crippen MR) is 75.5 cm³/mol. The van der Waals surface area contributed by atoms with Gasteiger partial charge in [0, 0.05) is 19.1 Å². The Bertz CT molecular complexity index is 284. The smallest absolute Gasteiger partial charge is 0.108 e. The van der Waals surface area contributed by atoms with E-state index < -0.39 is 0 Å². The molecule has 1 aliphatic rings. The van der Waals surface area contributed by atoms with E-state index in [1.165, 1.54) is 0 Å². The van der Waals surface area contributed by atoms with Gasteiger partial charge in [-0.1, -0.05) is 6.92 Å². The Labute approximate surface area is 112 Å². The van der Waals surface area contributed by atoms with Gasteiger partial charge in [-0.15, -0.1) is 0 Å². The fraction of sp³-hybridized carbons (Fsp3) is 0.929. The molecule has 104 valence electrons. The maximum absolute atomic E-state index is 9.42. The number of rotatable bonds is 7. The molecule has 1 rings (SSSR count). The highest BCUT2D eigenvalue weighted by Gasteiger charge is 2.40. The monoisotopic (exact) mass is 252 g/mol. The number of likely N-dealkylation sites (N-methyl/N-ethyl adjacent to an activating group) is 2. The third kappa shape index (κ3) is 4.24. The highest BCUT2D eigenvalue weighted by atomic mass is 15.2. The molecule has 0 aromatic carbocycles. The standard InChI is InChI=1S/C14H28N4/c1-5-8-16-14(12-15)7-6-13(11-14)18(4)10-9-17(2)3/h13,16H,5-11H2,1-4H3. The van der Waals surface area contributed by atoms with Crippen molar-refractivity contribution in [1.82, 2.24) is 15.1 Å². The molecule has 0 aromatic rings. The van der Waals surface area contributed by atoms with Gasteiger partial charge >= 0.3 is 0 Å². The van der Waals surface area contributed by atoms with Gasteiger partial charge in [0.2, 0.25) is 0 Å². The minimum absolute atomic E-state index is 0.271. The van der Waals surface area contributed by atoms with Gasteiger partial charge in [-0.3, -0.25) is 5.32 Å². The molecule has 0 spiro atoms. The van der Waals surface area contributed by atoms with E-state index in [4.69, 9.17) is 0 Å². The molecule has 0 radical (unpaired) electrons. The van der Waals surface area contributed by atoms with Crippen molar-refractivity contribution in [3.8, 4) is 6.07 Å². The summed E-state index contributed by atoms with van der Waals surface area (Å²) in [6, 6.07) is 3.06. The predicted octanol–water partition coefficient (Wildman–Crippen LogP) is 1.29. The van der Waals surface area contributed by atoms with E-state index in [1.54, 1.807) is 0 Å². The van der Waals surface area contributed by atoms with E-state index in [1.807, 2.05) is 0 Å². The third-order valence-corrected chi connectivity index (χ3v) is 3.94. The first kappa shape index (κ1) is 15.4. The molecular weight excluding hydrogens is 224 g/mol. The Morgan fingerprint density at radius 1 is 1.33 bits per heavy atom. The van der Waals surface area contributed by atoms with Crippen LogP contribution in [0.1, 0.15) is 32.6 Å². The number of nitriles is 1. The van der Waals surface area contributed by atoms with Gasteiger partial charge in [0.15, 0.2) is 0 Å². The van der Waals surface area contributed by atoms with Crippen LogP contribution in [0.2, 0.25) is 0 Å². The Hall–Kier alpha value is -0.630. The van der Waals surface area contributed by atoms with E-state index in [-0.39, 0.29) is 5.54 Å². The van der Waals surface area contributed by atoms with E-state index in [0.717, 1.165) is 45.3 Å². The zero-order valence-corrected chi connectivity index (χ0v) is 12.4. The molecule has 0 aromatic heterocycles. The minimum atomic E-state index is -0.271. The van der Waals surface area contributed by atoms with E-state index in [9.17, 15) is 5.26 Å². The Morgan fingerprint density at radius 3 is 2.61 bits per heavy atom. The van der Waals surface area contributed by atoms with Gasteiger partial charge in [0.05, 0.1) is 6.07 Å². The molecule has 0 bridgehead atoms. The van der Waals surface area contributed by atoms with Gasteiger partial charge in [0.25, 0.3) is 0 Å². The van der Waals surface area contributed by atoms with Crippen molar-refractivity contribution in [3.63, 3.8) is 0 Å². The summed E-state index contributed by atoms with van der Waals surface area (Å²) in [5.74, 6) is 0. The second-order valence-corrected chi connectivity index (χ2v) is 5.80. The van der Waals surface area contributed by atoms with Crippen LogP contribution in [0, 0.1) is 11.3 Å². The Morgan fingerprint density at radius 2 is 2.06 bits per heavy atom. The van der Waals surface area contributed by atoms with Crippen LogP contribution >= 0.6 is 0 Å². The van der Waals surface area contributed by atoms with Crippen LogP contribution in [-0.4, -0.2) is 62.2 Å². The molecule has 1 saturated carbocycles. The molecule has 1 N–H and O–H groups in total. The molecule has 4 nitrogen and oxygen atoms in total. The van der Waals surface area contributed by atoms with Gasteiger partial charge in [-0.2, -0.15) is 5.26 Å². The van der Waals surface area contributed by atoms with Crippen LogP contribution in [0.3, 0.4) is 0 Å². The normalized spacial score (nSPS) is 27.9. The fourth-order valence-corrected chi connectivity index (χ4v) is 2.60. The van der Waals surface area contributed by atoms with Gasteiger partial charge in [-0.05, 0) is 53.4 Å². The number of nitrogens with one attached hydrogen (secondary N) is 1. The highest BCUT2D eigenvalue weighted by Crippen LogP contribution is 2.32. The molecule has 2 unspecified atom stereocenters. The molecule has 2 atom stereocenters. The number of hydrogen-bond donors (Lipinski definition) is 1. The lowest BCUT2D eigenvalue weighted by Crippen LogP contribution is -2.44. The van der Waals surface area contributed by atoms with Gasteiger partial charge in [-0.25, -0.2) is 0 Å². The summed E-state index contributed by atoms with van der Waals surface area (Å²) in [4.78, 5) is 4.62. The first-order valence-corrected chi connectivity index (χ1v) is 7.04. The molecule has 18 heavy (non-hydrogen) atoms. The van der Waals surface area contributed by atoms with Crippen LogP contribution in [-0.2, 0) is 0 Å². The van der Waals surface area contributed by atoms with Crippen LogP contribution in [0.4, 0.5) is 0 Å².